The Morgan fingerprint density at radius 2 is 1.57 bits per heavy atom. The molecule has 1 N–H and O–H groups in total. The molecule has 0 aliphatic carbocycles. The van der Waals surface area contributed by atoms with Crippen molar-refractivity contribution >= 4 is 0 Å². The molecule has 0 aromatic carbocycles. The average Bonchev–Trinajstić information content (AvgIpc) is 1.69. The molecule has 0 atom stereocenters. The molecule has 1 heterocycles. The van der Waals surface area contributed by atoms with Crippen molar-refractivity contribution in [2.45, 2.75) is 19.3 Å². The molecule has 0 radical (unpaired) electrons. The summed E-state index contributed by atoms with van der Waals surface area (Å²) in [6.07, 6.45) is 3.62. The minimum Gasteiger partial charge on any atom is -0.314 e. The maximum Gasteiger partial charge on any atom is 0.0238 e. The first kappa shape index (κ1) is 5.06. The first-order valence-corrected chi connectivity index (χ1v) is 2.83. The fourth-order valence-electron chi connectivity index (χ4n) is 0.877. The van der Waals surface area contributed by atoms with Gasteiger partial charge in [-0.2, -0.15) is 5.06 Å². The van der Waals surface area contributed by atoms with E-state index in [0.29, 0.717) is 0 Å². The summed E-state index contributed by atoms with van der Waals surface area (Å²) in [5.74, 6) is 0. The number of nitrogens with zero attached hydrogens (tertiary/aromatic N) is 1. The Hall–Kier alpha value is -0.0800. The minimum atomic E-state index is 0.875. The molecule has 42 valence electrons. The van der Waals surface area contributed by atoms with Crippen LogP contribution in [0.4, 0.5) is 0 Å². The van der Waals surface area contributed by atoms with Crippen molar-refractivity contribution in [3.63, 3.8) is 0 Å². The van der Waals surface area contributed by atoms with Crippen molar-refractivity contribution in [1.82, 2.24) is 5.06 Å². The summed E-state index contributed by atoms with van der Waals surface area (Å²) in [5, 5.41) is 10.1. The first-order chi connectivity index (χ1) is 3.39. The van der Waals surface area contributed by atoms with Crippen LogP contribution >= 0.6 is 0 Å². The van der Waals surface area contributed by atoms with Gasteiger partial charge in [-0.05, 0) is 12.8 Å². The van der Waals surface area contributed by atoms with Gasteiger partial charge in [0, 0.05) is 13.1 Å². The highest BCUT2D eigenvalue weighted by Crippen LogP contribution is 2.04. The zero-order chi connectivity index (χ0) is 5.11. The second kappa shape index (κ2) is 2.28. The molecule has 1 saturated heterocycles. The Morgan fingerprint density at radius 1 is 1.00 bits per heavy atom. The van der Waals surface area contributed by atoms with E-state index in [2.05, 4.69) is 0 Å². The van der Waals surface area contributed by atoms with Crippen LogP contribution in [0.1, 0.15) is 19.3 Å². The van der Waals surface area contributed by atoms with E-state index < -0.39 is 0 Å². The van der Waals surface area contributed by atoms with Gasteiger partial charge in [-0.15, -0.1) is 0 Å². The summed E-state index contributed by atoms with van der Waals surface area (Å²) in [7, 11) is 0. The Bertz CT molecular complexity index is 50.0. The second-order valence-electron chi connectivity index (χ2n) is 2.01. The van der Waals surface area contributed by atoms with Gasteiger partial charge in [-0.3, -0.25) is 0 Å². The van der Waals surface area contributed by atoms with Crippen molar-refractivity contribution < 1.29 is 5.21 Å². The zero-order valence-corrected chi connectivity index (χ0v) is 4.43. The quantitative estimate of drug-likeness (QED) is 0.489. The Morgan fingerprint density at radius 3 is 1.86 bits per heavy atom. The van der Waals surface area contributed by atoms with Crippen LogP contribution in [0.5, 0.6) is 0 Å². The lowest BCUT2D eigenvalue weighted by Crippen LogP contribution is -2.25. The van der Waals surface area contributed by atoms with Crippen LogP contribution in [0, 0.1) is 0 Å². The van der Waals surface area contributed by atoms with Crippen molar-refractivity contribution in [1.29, 1.82) is 0 Å². The largest absolute Gasteiger partial charge is 0.314 e. The van der Waals surface area contributed by atoms with Crippen LogP contribution in [-0.4, -0.2) is 23.4 Å². The van der Waals surface area contributed by atoms with Gasteiger partial charge in [0.1, 0.15) is 0 Å². The summed E-state index contributed by atoms with van der Waals surface area (Å²) >= 11 is 0. The molecule has 2 heteroatoms. The highest BCUT2D eigenvalue weighted by molar-refractivity contribution is 4.54. The highest BCUT2D eigenvalue weighted by atomic mass is 16.5. The van der Waals surface area contributed by atoms with Crippen molar-refractivity contribution in [3.8, 4) is 0 Å². The monoisotopic (exact) mass is 101 g/mol. The number of hydrogen-bond donors (Lipinski definition) is 1. The lowest BCUT2D eigenvalue weighted by molar-refractivity contribution is -0.103. The third kappa shape index (κ3) is 1.45. The van der Waals surface area contributed by atoms with Crippen LogP contribution in [0.15, 0.2) is 0 Å². The molecule has 0 spiro atoms. The van der Waals surface area contributed by atoms with Crippen LogP contribution in [-0.2, 0) is 0 Å². The van der Waals surface area contributed by atoms with E-state index in [0.717, 1.165) is 25.9 Å². The van der Waals surface area contributed by atoms with Crippen LogP contribution in [0.25, 0.3) is 0 Å². The highest BCUT2D eigenvalue weighted by Gasteiger charge is 2.04. The molecule has 1 rings (SSSR count). The summed E-state index contributed by atoms with van der Waals surface area (Å²) in [6.45, 7) is 1.75. The number of piperidine rings is 1. The Balaban J connectivity index is 2.12. The molecule has 1 aliphatic rings. The normalized spacial score (nSPS) is 25.3. The van der Waals surface area contributed by atoms with Gasteiger partial charge in [-0.25, -0.2) is 0 Å². The minimum absolute atomic E-state index is 0.875. The van der Waals surface area contributed by atoms with Crippen molar-refractivity contribution in [2.75, 3.05) is 13.1 Å². The van der Waals surface area contributed by atoms with Gasteiger partial charge < -0.3 is 5.21 Å². The Labute approximate surface area is 43.7 Å². The van der Waals surface area contributed by atoms with Crippen molar-refractivity contribution in [2.24, 2.45) is 0 Å². The SMILES string of the molecule is ON1CCCCC1. The maximum atomic E-state index is 8.74. The predicted octanol–water partition coefficient (Wildman–Crippen LogP) is 0.861. The lowest BCUT2D eigenvalue weighted by Gasteiger charge is -2.18. The standard InChI is InChI=1S/C5H11NO/c7-6-4-2-1-3-5-6/h7H,1-5H2. The van der Waals surface area contributed by atoms with Crippen LogP contribution < -0.4 is 0 Å². The summed E-state index contributed by atoms with van der Waals surface area (Å²) < 4.78 is 0. The summed E-state index contributed by atoms with van der Waals surface area (Å²) in [5.41, 5.74) is 0. The van der Waals surface area contributed by atoms with E-state index in [1.807, 2.05) is 0 Å². The maximum absolute atomic E-state index is 8.74. The van der Waals surface area contributed by atoms with Crippen molar-refractivity contribution in [3.05, 3.63) is 0 Å². The molecule has 0 aromatic rings. The van der Waals surface area contributed by atoms with E-state index in [-0.39, 0.29) is 0 Å². The topological polar surface area (TPSA) is 23.5 Å². The van der Waals surface area contributed by atoms with E-state index in [1.54, 1.807) is 0 Å². The fraction of sp³-hybridized carbons (Fsp3) is 1.00. The molecular weight excluding hydrogens is 90.1 g/mol. The summed E-state index contributed by atoms with van der Waals surface area (Å²) in [6, 6.07) is 0. The van der Waals surface area contributed by atoms with E-state index in [4.69, 9.17) is 5.21 Å². The van der Waals surface area contributed by atoms with Gasteiger partial charge in [0.25, 0.3) is 0 Å². The van der Waals surface area contributed by atoms with Gasteiger partial charge in [0.15, 0.2) is 0 Å². The molecule has 0 bridgehead atoms. The summed E-state index contributed by atoms with van der Waals surface area (Å²) in [4.78, 5) is 0. The molecule has 1 fully saturated rings. The third-order valence-electron chi connectivity index (χ3n) is 1.33. The van der Waals surface area contributed by atoms with Gasteiger partial charge in [0.05, 0.1) is 0 Å². The third-order valence-corrected chi connectivity index (χ3v) is 1.33. The molecule has 0 aromatic heterocycles. The molecule has 7 heavy (non-hydrogen) atoms. The number of hydroxylamine groups is 2. The molecule has 2 nitrogen and oxygen atoms in total. The van der Waals surface area contributed by atoms with E-state index in [1.165, 1.54) is 11.5 Å². The average molecular weight is 101 g/mol. The number of rotatable bonds is 0. The number of hydrogen-bond acceptors (Lipinski definition) is 2. The van der Waals surface area contributed by atoms with E-state index in [9.17, 15) is 0 Å². The van der Waals surface area contributed by atoms with E-state index >= 15 is 0 Å². The first-order valence-electron chi connectivity index (χ1n) is 2.83. The molecule has 0 amide bonds. The van der Waals surface area contributed by atoms with Gasteiger partial charge in [-0.1, -0.05) is 6.42 Å². The fourth-order valence-corrected chi connectivity index (χ4v) is 0.877. The van der Waals surface area contributed by atoms with Gasteiger partial charge >= 0.3 is 0 Å². The zero-order valence-electron chi connectivity index (χ0n) is 4.43. The smallest absolute Gasteiger partial charge is 0.0238 e. The lowest BCUT2D eigenvalue weighted by atomic mass is 10.2. The molecule has 0 saturated carbocycles. The van der Waals surface area contributed by atoms with Gasteiger partial charge in [0.2, 0.25) is 0 Å². The molecular formula is C5H11NO. The predicted molar refractivity (Wildman–Crippen MR) is 27.2 cm³/mol. The molecule has 0 unspecified atom stereocenters. The molecule has 1 aliphatic heterocycles. The Kier molecular flexibility index (Phi) is 1.65. The van der Waals surface area contributed by atoms with Crippen LogP contribution in [0.2, 0.25) is 0 Å². The second-order valence-corrected chi connectivity index (χ2v) is 2.01. The van der Waals surface area contributed by atoms with Crippen LogP contribution in [0.3, 0.4) is 0 Å².